The van der Waals surface area contributed by atoms with E-state index in [-0.39, 0.29) is 17.3 Å². The van der Waals surface area contributed by atoms with Gasteiger partial charge in [-0.25, -0.2) is 0 Å². The predicted molar refractivity (Wildman–Crippen MR) is 79.4 cm³/mol. The van der Waals surface area contributed by atoms with Crippen molar-refractivity contribution in [1.29, 1.82) is 0 Å². The highest BCUT2D eigenvalue weighted by atomic mass is 16.3. The van der Waals surface area contributed by atoms with Crippen molar-refractivity contribution in [2.24, 2.45) is 17.3 Å². The predicted octanol–water partition coefficient (Wildman–Crippen LogP) is 3.55. The van der Waals surface area contributed by atoms with Gasteiger partial charge in [0, 0.05) is 5.92 Å². The van der Waals surface area contributed by atoms with E-state index < -0.39 is 5.60 Å². The summed E-state index contributed by atoms with van der Waals surface area (Å²) in [6.07, 6.45) is 4.95. The van der Waals surface area contributed by atoms with Crippen molar-refractivity contribution in [2.45, 2.75) is 51.0 Å². The second-order valence-electron chi connectivity index (χ2n) is 7.47. The fourth-order valence-electron chi connectivity index (χ4n) is 4.37. The molecule has 0 unspecified atom stereocenters. The smallest absolute Gasteiger partial charge is 0.126 e. The summed E-state index contributed by atoms with van der Waals surface area (Å²) in [5.74, 6) is 0.471. The zero-order valence-corrected chi connectivity index (χ0v) is 12.4. The molecule has 20 heavy (non-hydrogen) atoms. The van der Waals surface area contributed by atoms with Crippen LogP contribution in [0.2, 0.25) is 0 Å². The van der Waals surface area contributed by atoms with Crippen LogP contribution in [-0.4, -0.2) is 17.0 Å². The topological polar surface area (TPSA) is 37.3 Å². The first-order chi connectivity index (χ1) is 9.46. The minimum Gasteiger partial charge on any atom is -0.389 e. The molecule has 0 spiro atoms. The van der Waals surface area contributed by atoms with E-state index in [0.717, 1.165) is 19.1 Å². The lowest BCUT2D eigenvalue weighted by Crippen LogP contribution is -2.36. The molecule has 2 aliphatic carbocycles. The van der Waals surface area contributed by atoms with Gasteiger partial charge in [0.05, 0.1) is 11.5 Å². The third-order valence-electron chi connectivity index (χ3n) is 5.23. The Bertz CT molecular complexity index is 489. The van der Waals surface area contributed by atoms with Crippen molar-refractivity contribution >= 4 is 6.29 Å². The Morgan fingerprint density at radius 3 is 2.45 bits per heavy atom. The first-order valence-corrected chi connectivity index (χ1v) is 7.69. The van der Waals surface area contributed by atoms with Gasteiger partial charge in [-0.1, -0.05) is 57.0 Å². The lowest BCUT2D eigenvalue weighted by Gasteiger charge is -2.30. The zero-order valence-electron chi connectivity index (χ0n) is 12.4. The summed E-state index contributed by atoms with van der Waals surface area (Å²) in [4.78, 5) is 11.7. The van der Waals surface area contributed by atoms with Gasteiger partial charge in [-0.15, -0.1) is 0 Å². The van der Waals surface area contributed by atoms with Gasteiger partial charge in [0.1, 0.15) is 6.29 Å². The highest BCUT2D eigenvalue weighted by Gasteiger charge is 2.57. The molecular formula is C18H24O2. The molecule has 1 N–H and O–H groups in total. The molecule has 0 aliphatic heterocycles. The Morgan fingerprint density at radius 2 is 1.90 bits per heavy atom. The molecule has 2 heteroatoms. The quantitative estimate of drug-likeness (QED) is 0.851. The number of hydrogen-bond acceptors (Lipinski definition) is 2. The van der Waals surface area contributed by atoms with E-state index >= 15 is 0 Å². The second-order valence-corrected chi connectivity index (χ2v) is 7.47. The molecule has 0 heterocycles. The van der Waals surface area contributed by atoms with Crippen LogP contribution in [0.5, 0.6) is 0 Å². The maximum Gasteiger partial charge on any atom is 0.126 e. The van der Waals surface area contributed by atoms with Crippen molar-refractivity contribution in [3.05, 3.63) is 35.9 Å². The van der Waals surface area contributed by atoms with Crippen LogP contribution in [0.4, 0.5) is 0 Å². The third-order valence-corrected chi connectivity index (χ3v) is 5.23. The summed E-state index contributed by atoms with van der Waals surface area (Å²) in [6.45, 7) is 4.37. The molecule has 2 nitrogen and oxygen atoms in total. The van der Waals surface area contributed by atoms with Gasteiger partial charge in [-0.05, 0) is 29.7 Å². The Balaban J connectivity index is 1.97. The number of rotatable bonds is 4. The third kappa shape index (κ3) is 2.31. The Morgan fingerprint density at radius 1 is 1.25 bits per heavy atom. The lowest BCUT2D eigenvalue weighted by atomic mass is 9.74. The van der Waals surface area contributed by atoms with Crippen LogP contribution in [-0.2, 0) is 4.79 Å². The molecule has 1 aromatic carbocycles. The summed E-state index contributed by atoms with van der Waals surface area (Å²) in [5.41, 5.74) is 0.324. The van der Waals surface area contributed by atoms with Crippen molar-refractivity contribution in [3.63, 3.8) is 0 Å². The molecule has 3 atom stereocenters. The Hall–Kier alpha value is -1.15. The standard InChI is InChI=1S/C18H24O2/c1-17(2)12-18(20,10-13-8-9-13)15(11-19)16(17)14-6-4-3-5-7-14/h3-7,11,13,15-16,20H,8-10,12H2,1-2H3/t15-,16-,18+/m1/s1. The fraction of sp³-hybridized carbons (Fsp3) is 0.611. The van der Waals surface area contributed by atoms with Gasteiger partial charge < -0.3 is 9.90 Å². The van der Waals surface area contributed by atoms with E-state index in [1.54, 1.807) is 0 Å². The van der Waals surface area contributed by atoms with Crippen LogP contribution in [0.1, 0.15) is 51.0 Å². The summed E-state index contributed by atoms with van der Waals surface area (Å²) >= 11 is 0. The maximum absolute atomic E-state index is 11.7. The van der Waals surface area contributed by atoms with Crippen LogP contribution in [0.25, 0.3) is 0 Å². The lowest BCUT2D eigenvalue weighted by molar-refractivity contribution is -0.119. The van der Waals surface area contributed by atoms with Gasteiger partial charge in [-0.2, -0.15) is 0 Å². The first-order valence-electron chi connectivity index (χ1n) is 7.69. The van der Waals surface area contributed by atoms with Gasteiger partial charge in [0.25, 0.3) is 0 Å². The minimum absolute atomic E-state index is 0.0451. The summed E-state index contributed by atoms with van der Waals surface area (Å²) in [7, 11) is 0. The van der Waals surface area contributed by atoms with Crippen LogP contribution in [0, 0.1) is 17.3 Å². The Kier molecular flexibility index (Phi) is 3.24. The SMILES string of the molecule is CC1(C)C[C@@](O)(CC2CC2)[C@H](C=O)[C@H]1c1ccccc1. The molecule has 0 bridgehead atoms. The Labute approximate surface area is 121 Å². The van der Waals surface area contributed by atoms with Crippen LogP contribution in [0.15, 0.2) is 30.3 Å². The minimum atomic E-state index is -0.813. The van der Waals surface area contributed by atoms with Crippen molar-refractivity contribution < 1.29 is 9.90 Å². The summed E-state index contributed by atoms with van der Waals surface area (Å²) in [5, 5.41) is 11.1. The van der Waals surface area contributed by atoms with E-state index in [1.807, 2.05) is 18.2 Å². The molecule has 1 aromatic rings. The maximum atomic E-state index is 11.7. The fourth-order valence-corrected chi connectivity index (χ4v) is 4.37. The second kappa shape index (κ2) is 4.70. The van der Waals surface area contributed by atoms with E-state index in [2.05, 4.69) is 26.0 Å². The van der Waals surface area contributed by atoms with Crippen molar-refractivity contribution in [3.8, 4) is 0 Å². The highest BCUT2D eigenvalue weighted by molar-refractivity contribution is 5.60. The molecule has 2 fully saturated rings. The van der Waals surface area contributed by atoms with E-state index in [4.69, 9.17) is 0 Å². The molecular weight excluding hydrogens is 248 g/mol. The van der Waals surface area contributed by atoms with Gasteiger partial charge in [-0.3, -0.25) is 0 Å². The van der Waals surface area contributed by atoms with Gasteiger partial charge in [0.2, 0.25) is 0 Å². The van der Waals surface area contributed by atoms with E-state index in [0.29, 0.717) is 5.92 Å². The average Bonchev–Trinajstić information content (AvgIpc) is 3.15. The molecule has 0 aromatic heterocycles. The average molecular weight is 272 g/mol. The molecule has 0 radical (unpaired) electrons. The largest absolute Gasteiger partial charge is 0.389 e. The normalized spacial score (nSPS) is 36.0. The molecule has 2 saturated carbocycles. The van der Waals surface area contributed by atoms with E-state index in [1.165, 1.54) is 18.4 Å². The van der Waals surface area contributed by atoms with Crippen LogP contribution in [0.3, 0.4) is 0 Å². The van der Waals surface area contributed by atoms with Crippen LogP contribution >= 0.6 is 0 Å². The summed E-state index contributed by atoms with van der Waals surface area (Å²) < 4.78 is 0. The van der Waals surface area contributed by atoms with Gasteiger partial charge in [0.15, 0.2) is 0 Å². The number of hydrogen-bond donors (Lipinski definition) is 1. The molecule has 2 aliphatic rings. The summed E-state index contributed by atoms with van der Waals surface area (Å²) in [6, 6.07) is 10.2. The first kappa shape index (κ1) is 13.8. The molecule has 3 rings (SSSR count). The number of aldehydes is 1. The number of aliphatic hydroxyl groups is 1. The van der Waals surface area contributed by atoms with E-state index in [9.17, 15) is 9.90 Å². The highest BCUT2D eigenvalue weighted by Crippen LogP contribution is 2.59. The van der Waals surface area contributed by atoms with Crippen molar-refractivity contribution in [1.82, 2.24) is 0 Å². The molecule has 0 amide bonds. The number of carbonyl (C=O) groups excluding carboxylic acids is 1. The molecule has 108 valence electrons. The zero-order chi connectivity index (χ0) is 14.4. The number of carbonyl (C=O) groups is 1. The molecule has 0 saturated heterocycles. The monoisotopic (exact) mass is 272 g/mol. The van der Waals surface area contributed by atoms with Crippen LogP contribution < -0.4 is 0 Å². The van der Waals surface area contributed by atoms with Crippen molar-refractivity contribution in [2.75, 3.05) is 0 Å². The van der Waals surface area contributed by atoms with Gasteiger partial charge >= 0.3 is 0 Å². The number of benzene rings is 1.